The van der Waals surface area contributed by atoms with Gasteiger partial charge in [-0.2, -0.15) is 10.1 Å². The van der Waals surface area contributed by atoms with Crippen molar-refractivity contribution in [3.8, 4) is 0 Å². The van der Waals surface area contributed by atoms with Gasteiger partial charge >= 0.3 is 0 Å². The number of hydrogen-bond donors (Lipinski definition) is 0. The predicted octanol–water partition coefficient (Wildman–Crippen LogP) is 3.49. The number of benzene rings is 1. The molecule has 0 unspecified atom stereocenters. The van der Waals surface area contributed by atoms with E-state index >= 15 is 0 Å². The first-order valence-electron chi connectivity index (χ1n) is 5.59. The van der Waals surface area contributed by atoms with Gasteiger partial charge in [0.05, 0.1) is 11.9 Å². The number of rotatable bonds is 3. The van der Waals surface area contributed by atoms with Crippen LogP contribution in [0, 0.1) is 6.92 Å². The van der Waals surface area contributed by atoms with E-state index in [-0.39, 0.29) is 5.91 Å². The van der Waals surface area contributed by atoms with Crippen LogP contribution < -0.4 is 5.01 Å². The zero-order valence-electron chi connectivity index (χ0n) is 10.5. The Bertz CT molecular complexity index is 624. The van der Waals surface area contributed by atoms with Gasteiger partial charge in [-0.05, 0) is 13.0 Å². The van der Waals surface area contributed by atoms with Crippen LogP contribution in [0.25, 0.3) is 0 Å². The van der Waals surface area contributed by atoms with E-state index in [0.717, 1.165) is 11.3 Å². The Morgan fingerprint density at radius 1 is 1.47 bits per heavy atom. The van der Waals surface area contributed by atoms with Crippen molar-refractivity contribution >= 4 is 40.2 Å². The summed E-state index contributed by atoms with van der Waals surface area (Å²) < 4.78 is 0. The van der Waals surface area contributed by atoms with E-state index in [2.05, 4.69) is 10.1 Å². The monoisotopic (exact) mass is 293 g/mol. The minimum absolute atomic E-state index is 0.197. The molecule has 0 aliphatic rings. The predicted molar refractivity (Wildman–Crippen MR) is 79.1 cm³/mol. The fourth-order valence-electron chi connectivity index (χ4n) is 1.40. The molecule has 0 fully saturated rings. The smallest absolute Gasteiger partial charge is 0.246 e. The first-order valence-corrected chi connectivity index (χ1v) is 6.85. The lowest BCUT2D eigenvalue weighted by Gasteiger charge is -2.10. The molecule has 0 N–H and O–H groups in total. The molecular weight excluding hydrogens is 282 g/mol. The molecule has 2 rings (SSSR count). The summed E-state index contributed by atoms with van der Waals surface area (Å²) in [5.74, 6) is -0.197. The molecule has 0 aliphatic heterocycles. The molecule has 0 radical (unpaired) electrons. The van der Waals surface area contributed by atoms with Crippen LogP contribution in [0.15, 0.2) is 34.7 Å². The van der Waals surface area contributed by atoms with Crippen molar-refractivity contribution in [2.24, 2.45) is 5.10 Å². The molecule has 0 bridgehead atoms. The molecule has 0 saturated heterocycles. The van der Waals surface area contributed by atoms with E-state index < -0.39 is 0 Å². The Hall–Kier alpha value is -1.72. The number of aromatic nitrogens is 1. The maximum Gasteiger partial charge on any atom is 0.246 e. The van der Waals surface area contributed by atoms with Crippen LogP contribution in [0.1, 0.15) is 18.2 Å². The standard InChI is InChI=1S/C13H12ClN3OS/c1-9-8-19-13(16-9)17(10(2)18)15-7-11-5-3-4-6-12(11)14/h3-8H,1-2H3. The normalized spacial score (nSPS) is 10.9. The van der Waals surface area contributed by atoms with Gasteiger partial charge in [0.15, 0.2) is 0 Å². The van der Waals surface area contributed by atoms with Gasteiger partial charge in [0, 0.05) is 22.9 Å². The van der Waals surface area contributed by atoms with Crippen molar-refractivity contribution in [1.29, 1.82) is 0 Å². The summed E-state index contributed by atoms with van der Waals surface area (Å²) in [5, 5.41) is 8.43. The highest BCUT2D eigenvalue weighted by Crippen LogP contribution is 2.21. The molecule has 2 aromatic rings. The molecule has 0 atom stereocenters. The number of anilines is 1. The average Bonchev–Trinajstić information content (AvgIpc) is 2.78. The van der Waals surface area contributed by atoms with Crippen molar-refractivity contribution in [2.75, 3.05) is 5.01 Å². The summed E-state index contributed by atoms with van der Waals surface area (Å²) in [6, 6.07) is 7.30. The van der Waals surface area contributed by atoms with Gasteiger partial charge in [-0.25, -0.2) is 4.98 Å². The molecule has 6 heteroatoms. The molecule has 1 aromatic heterocycles. The summed E-state index contributed by atoms with van der Waals surface area (Å²) in [6.45, 7) is 3.32. The summed E-state index contributed by atoms with van der Waals surface area (Å²) >= 11 is 7.40. The van der Waals surface area contributed by atoms with Crippen LogP contribution >= 0.6 is 22.9 Å². The lowest BCUT2D eigenvalue weighted by molar-refractivity contribution is -0.116. The van der Waals surface area contributed by atoms with E-state index in [9.17, 15) is 4.79 Å². The summed E-state index contributed by atoms with van der Waals surface area (Å²) in [4.78, 5) is 15.8. The number of hydrogen-bond acceptors (Lipinski definition) is 4. The lowest BCUT2D eigenvalue weighted by atomic mass is 10.2. The van der Waals surface area contributed by atoms with E-state index in [1.54, 1.807) is 12.3 Å². The summed E-state index contributed by atoms with van der Waals surface area (Å²) in [5.41, 5.74) is 1.61. The zero-order valence-corrected chi connectivity index (χ0v) is 12.1. The number of aryl methyl sites for hydroxylation is 1. The summed E-state index contributed by atoms with van der Waals surface area (Å²) in [6.07, 6.45) is 1.56. The Balaban J connectivity index is 2.27. The number of amides is 1. The number of halogens is 1. The highest BCUT2D eigenvalue weighted by Gasteiger charge is 2.13. The Morgan fingerprint density at radius 3 is 2.79 bits per heavy atom. The fourth-order valence-corrected chi connectivity index (χ4v) is 2.39. The van der Waals surface area contributed by atoms with Crippen LogP contribution in [-0.2, 0) is 4.79 Å². The molecule has 0 spiro atoms. The van der Waals surface area contributed by atoms with Gasteiger partial charge in [-0.1, -0.05) is 29.8 Å². The topological polar surface area (TPSA) is 45.6 Å². The average molecular weight is 294 g/mol. The molecule has 0 saturated carbocycles. The van der Waals surface area contributed by atoms with Crippen molar-refractivity contribution in [2.45, 2.75) is 13.8 Å². The molecule has 19 heavy (non-hydrogen) atoms. The van der Waals surface area contributed by atoms with Crippen LogP contribution in [-0.4, -0.2) is 17.1 Å². The number of carbonyl (C=O) groups is 1. The molecular formula is C13H12ClN3OS. The van der Waals surface area contributed by atoms with Gasteiger partial charge in [-0.15, -0.1) is 11.3 Å². The van der Waals surface area contributed by atoms with Gasteiger partial charge in [0.1, 0.15) is 0 Å². The number of carbonyl (C=O) groups excluding carboxylic acids is 1. The third-order valence-corrected chi connectivity index (χ3v) is 3.58. The van der Waals surface area contributed by atoms with Crippen molar-refractivity contribution in [3.05, 3.63) is 45.9 Å². The van der Waals surface area contributed by atoms with Crippen molar-refractivity contribution in [1.82, 2.24) is 4.98 Å². The number of nitrogens with zero attached hydrogens (tertiary/aromatic N) is 3. The highest BCUT2D eigenvalue weighted by molar-refractivity contribution is 7.14. The van der Waals surface area contributed by atoms with E-state index in [4.69, 9.17) is 11.6 Å². The van der Waals surface area contributed by atoms with Crippen LogP contribution in [0.2, 0.25) is 5.02 Å². The first-order chi connectivity index (χ1) is 9.08. The van der Waals surface area contributed by atoms with Crippen molar-refractivity contribution in [3.63, 3.8) is 0 Å². The zero-order chi connectivity index (χ0) is 13.8. The molecule has 4 nitrogen and oxygen atoms in total. The van der Waals surface area contributed by atoms with Crippen LogP contribution in [0.5, 0.6) is 0 Å². The molecule has 1 heterocycles. The largest absolute Gasteiger partial charge is 0.273 e. The molecule has 1 aromatic carbocycles. The molecule has 98 valence electrons. The van der Waals surface area contributed by atoms with Crippen LogP contribution in [0.4, 0.5) is 5.13 Å². The van der Waals surface area contributed by atoms with Gasteiger partial charge in [0.2, 0.25) is 11.0 Å². The quantitative estimate of drug-likeness (QED) is 0.642. The summed E-state index contributed by atoms with van der Waals surface area (Å²) in [7, 11) is 0. The lowest BCUT2D eigenvalue weighted by Crippen LogP contribution is -2.22. The van der Waals surface area contributed by atoms with Crippen molar-refractivity contribution < 1.29 is 4.79 Å². The minimum atomic E-state index is -0.197. The minimum Gasteiger partial charge on any atom is -0.273 e. The third-order valence-electron chi connectivity index (χ3n) is 2.30. The maximum atomic E-state index is 11.6. The van der Waals surface area contributed by atoms with E-state index in [0.29, 0.717) is 10.2 Å². The first kappa shape index (κ1) is 13.7. The fraction of sp³-hybridized carbons (Fsp3) is 0.154. The Kier molecular flexibility index (Phi) is 4.29. The Labute approximate surface area is 120 Å². The van der Waals surface area contributed by atoms with Crippen LogP contribution in [0.3, 0.4) is 0 Å². The van der Waals surface area contributed by atoms with E-state index in [1.807, 2.05) is 30.5 Å². The SMILES string of the molecule is CC(=O)N(N=Cc1ccccc1Cl)c1nc(C)cs1. The molecule has 0 aliphatic carbocycles. The number of thiazole rings is 1. The molecule has 1 amide bonds. The second-order valence-electron chi connectivity index (χ2n) is 3.87. The second-order valence-corrected chi connectivity index (χ2v) is 5.11. The third kappa shape index (κ3) is 3.39. The maximum absolute atomic E-state index is 11.6. The van der Waals surface area contributed by atoms with Gasteiger partial charge in [0.25, 0.3) is 0 Å². The van der Waals surface area contributed by atoms with E-state index in [1.165, 1.54) is 23.3 Å². The number of hydrazone groups is 1. The van der Waals surface area contributed by atoms with Gasteiger partial charge < -0.3 is 0 Å². The highest BCUT2D eigenvalue weighted by atomic mass is 35.5. The Morgan fingerprint density at radius 2 is 2.21 bits per heavy atom. The second kappa shape index (κ2) is 5.95. The van der Waals surface area contributed by atoms with Gasteiger partial charge in [-0.3, -0.25) is 4.79 Å².